The van der Waals surface area contributed by atoms with E-state index in [1.807, 2.05) is 13.8 Å². The standard InChI is InChI=1S/C8H5NO2.C5H10O.C2H6.CH2O2/c10-7-5-3-1-2-4-6(5)8(11)9-7;1-2-4-6-5-3-1;1-2;2-1-3/h1-4H,(H,9,10,11);1-5H2;1-2H3;1H,(H,2,3). The van der Waals surface area contributed by atoms with Crippen LogP contribution in [0, 0.1) is 0 Å². The summed E-state index contributed by atoms with van der Waals surface area (Å²) in [6, 6.07) is 6.74. The Hall–Kier alpha value is -2.21. The van der Waals surface area contributed by atoms with Crippen molar-refractivity contribution in [1.29, 1.82) is 0 Å². The predicted octanol–water partition coefficient (Wildman–Crippen LogP) is 2.48. The van der Waals surface area contributed by atoms with Gasteiger partial charge in [0.15, 0.2) is 0 Å². The highest BCUT2D eigenvalue weighted by molar-refractivity contribution is 6.21. The summed E-state index contributed by atoms with van der Waals surface area (Å²) < 4.78 is 5.07. The Kier molecular flexibility index (Phi) is 11.3. The van der Waals surface area contributed by atoms with Gasteiger partial charge in [0.25, 0.3) is 18.3 Å². The highest BCUT2D eigenvalue weighted by Gasteiger charge is 2.25. The van der Waals surface area contributed by atoms with E-state index in [1.165, 1.54) is 19.3 Å². The number of benzene rings is 1. The van der Waals surface area contributed by atoms with Gasteiger partial charge in [0.05, 0.1) is 11.1 Å². The molecule has 0 unspecified atom stereocenters. The molecule has 2 N–H and O–H groups in total. The number of imide groups is 1. The van der Waals surface area contributed by atoms with Gasteiger partial charge in [-0.3, -0.25) is 19.7 Å². The van der Waals surface area contributed by atoms with Gasteiger partial charge < -0.3 is 9.84 Å². The maximum Gasteiger partial charge on any atom is 0.290 e. The zero-order chi connectivity index (χ0) is 16.8. The van der Waals surface area contributed by atoms with E-state index in [1.54, 1.807) is 24.3 Å². The fourth-order valence-electron chi connectivity index (χ4n) is 1.80. The Morgan fingerprint density at radius 2 is 1.41 bits per heavy atom. The Morgan fingerprint density at radius 1 is 1.00 bits per heavy atom. The van der Waals surface area contributed by atoms with Gasteiger partial charge in [0.2, 0.25) is 0 Å². The SMILES string of the molecule is C1CCOCC1.CC.O=C1NC(=O)c2ccccc21.O=CO. The summed E-state index contributed by atoms with van der Waals surface area (Å²) in [7, 11) is 0. The summed E-state index contributed by atoms with van der Waals surface area (Å²) in [6.07, 6.45) is 3.93. The van der Waals surface area contributed by atoms with Crippen molar-refractivity contribution in [3.8, 4) is 0 Å². The molecule has 0 aromatic heterocycles. The van der Waals surface area contributed by atoms with Crippen LogP contribution in [0.4, 0.5) is 0 Å². The number of ether oxygens (including phenoxy) is 1. The van der Waals surface area contributed by atoms with Crippen LogP contribution in [-0.4, -0.2) is 36.6 Å². The van der Waals surface area contributed by atoms with Gasteiger partial charge >= 0.3 is 0 Å². The van der Waals surface area contributed by atoms with E-state index in [4.69, 9.17) is 14.6 Å². The molecule has 1 aromatic carbocycles. The van der Waals surface area contributed by atoms with Crippen molar-refractivity contribution in [2.75, 3.05) is 13.2 Å². The van der Waals surface area contributed by atoms with Crippen LogP contribution in [-0.2, 0) is 9.53 Å². The quantitative estimate of drug-likeness (QED) is 0.567. The summed E-state index contributed by atoms with van der Waals surface area (Å²) in [5.74, 6) is -0.601. The average Bonchev–Trinajstić information content (AvgIpc) is 2.88. The zero-order valence-corrected chi connectivity index (χ0v) is 13.0. The molecule has 0 radical (unpaired) electrons. The third-order valence-electron chi connectivity index (χ3n) is 2.72. The van der Waals surface area contributed by atoms with Crippen LogP contribution >= 0.6 is 0 Å². The summed E-state index contributed by atoms with van der Waals surface area (Å²) >= 11 is 0. The number of carbonyl (C=O) groups is 3. The normalized spacial score (nSPS) is 14.6. The van der Waals surface area contributed by atoms with Gasteiger partial charge in [-0.2, -0.15) is 0 Å². The van der Waals surface area contributed by atoms with E-state index in [-0.39, 0.29) is 18.3 Å². The molecule has 6 nitrogen and oxygen atoms in total. The molecule has 6 heteroatoms. The molecule has 122 valence electrons. The molecule has 2 aliphatic rings. The Balaban J connectivity index is 0.000000340. The second kappa shape index (κ2) is 12.5. The van der Waals surface area contributed by atoms with Gasteiger partial charge in [-0.15, -0.1) is 0 Å². The topological polar surface area (TPSA) is 92.7 Å². The highest BCUT2D eigenvalue weighted by Crippen LogP contribution is 2.13. The molecule has 1 fully saturated rings. The van der Waals surface area contributed by atoms with Crippen LogP contribution in [0.1, 0.15) is 53.8 Å². The maximum absolute atomic E-state index is 10.9. The van der Waals surface area contributed by atoms with E-state index in [2.05, 4.69) is 5.32 Å². The molecule has 1 aromatic rings. The highest BCUT2D eigenvalue weighted by atomic mass is 16.5. The van der Waals surface area contributed by atoms with Crippen molar-refractivity contribution in [1.82, 2.24) is 5.32 Å². The third-order valence-corrected chi connectivity index (χ3v) is 2.72. The summed E-state index contributed by atoms with van der Waals surface area (Å²) in [6.45, 7) is 5.75. The second-order valence-electron chi connectivity index (χ2n) is 4.11. The van der Waals surface area contributed by atoms with Crippen LogP contribution in [0.2, 0.25) is 0 Å². The lowest BCUT2D eigenvalue weighted by atomic mass is 10.1. The first-order chi connectivity index (χ1) is 10.7. The first kappa shape index (κ1) is 19.8. The lowest BCUT2D eigenvalue weighted by Gasteiger charge is -2.08. The molecule has 0 spiro atoms. The van der Waals surface area contributed by atoms with E-state index in [9.17, 15) is 9.59 Å². The second-order valence-corrected chi connectivity index (χ2v) is 4.11. The maximum atomic E-state index is 10.9. The van der Waals surface area contributed by atoms with Crippen LogP contribution in [0.25, 0.3) is 0 Å². The number of carbonyl (C=O) groups excluding carboxylic acids is 2. The number of rotatable bonds is 0. The van der Waals surface area contributed by atoms with E-state index >= 15 is 0 Å². The average molecular weight is 309 g/mol. The summed E-state index contributed by atoms with van der Waals surface area (Å²) in [4.78, 5) is 30.2. The van der Waals surface area contributed by atoms with Gasteiger partial charge in [0, 0.05) is 13.2 Å². The van der Waals surface area contributed by atoms with Gasteiger partial charge in [-0.25, -0.2) is 0 Å². The van der Waals surface area contributed by atoms with E-state index in [0.29, 0.717) is 11.1 Å². The number of hydrogen-bond acceptors (Lipinski definition) is 4. The van der Waals surface area contributed by atoms with Crippen molar-refractivity contribution in [2.24, 2.45) is 0 Å². The molecule has 1 saturated heterocycles. The summed E-state index contributed by atoms with van der Waals surface area (Å²) in [5.41, 5.74) is 0.940. The molecule has 2 aliphatic heterocycles. The van der Waals surface area contributed by atoms with Crippen molar-refractivity contribution < 1.29 is 24.2 Å². The van der Waals surface area contributed by atoms with Gasteiger partial charge in [-0.1, -0.05) is 26.0 Å². The molecular formula is C16H23NO5. The minimum Gasteiger partial charge on any atom is -0.483 e. The van der Waals surface area contributed by atoms with E-state index < -0.39 is 0 Å². The largest absolute Gasteiger partial charge is 0.483 e. The number of hydrogen-bond donors (Lipinski definition) is 2. The van der Waals surface area contributed by atoms with E-state index in [0.717, 1.165) is 13.2 Å². The van der Waals surface area contributed by atoms with Crippen molar-refractivity contribution >= 4 is 18.3 Å². The van der Waals surface area contributed by atoms with Crippen LogP contribution in [0.3, 0.4) is 0 Å². The van der Waals surface area contributed by atoms with Crippen LogP contribution < -0.4 is 5.32 Å². The van der Waals surface area contributed by atoms with Crippen LogP contribution in [0.15, 0.2) is 24.3 Å². The number of nitrogens with one attached hydrogen (secondary N) is 1. The molecule has 3 rings (SSSR count). The number of carboxylic acid groups (broad SMARTS) is 1. The molecule has 2 heterocycles. The number of amides is 2. The monoisotopic (exact) mass is 309 g/mol. The zero-order valence-electron chi connectivity index (χ0n) is 13.0. The molecule has 22 heavy (non-hydrogen) atoms. The van der Waals surface area contributed by atoms with Crippen molar-refractivity contribution in [3.05, 3.63) is 35.4 Å². The molecule has 0 aliphatic carbocycles. The van der Waals surface area contributed by atoms with Gasteiger partial charge in [0.1, 0.15) is 0 Å². The molecule has 0 atom stereocenters. The first-order valence-corrected chi connectivity index (χ1v) is 7.31. The minimum absolute atomic E-state index is 0.250. The fourth-order valence-corrected chi connectivity index (χ4v) is 1.80. The number of fused-ring (bicyclic) bond motifs is 1. The molecular weight excluding hydrogens is 286 g/mol. The Labute approximate surface area is 130 Å². The third kappa shape index (κ3) is 6.99. The molecule has 0 saturated carbocycles. The van der Waals surface area contributed by atoms with Crippen molar-refractivity contribution in [2.45, 2.75) is 33.1 Å². The van der Waals surface area contributed by atoms with Crippen LogP contribution in [0.5, 0.6) is 0 Å². The smallest absolute Gasteiger partial charge is 0.290 e. The molecule has 0 bridgehead atoms. The lowest BCUT2D eigenvalue weighted by molar-refractivity contribution is -0.122. The fraction of sp³-hybridized carbons (Fsp3) is 0.438. The van der Waals surface area contributed by atoms with Crippen molar-refractivity contribution in [3.63, 3.8) is 0 Å². The minimum atomic E-state index is -0.300. The molecule has 2 amide bonds. The predicted molar refractivity (Wildman–Crippen MR) is 82.9 cm³/mol. The first-order valence-electron chi connectivity index (χ1n) is 7.31. The lowest BCUT2D eigenvalue weighted by Crippen LogP contribution is -2.19. The summed E-state index contributed by atoms with van der Waals surface area (Å²) in [5, 5.41) is 9.09. The Morgan fingerprint density at radius 3 is 1.68 bits per heavy atom. The Bertz CT molecular complexity index is 425. The van der Waals surface area contributed by atoms with Gasteiger partial charge in [-0.05, 0) is 31.4 Å².